The van der Waals surface area contributed by atoms with E-state index in [1.807, 2.05) is 12.1 Å². The van der Waals surface area contributed by atoms with Crippen molar-refractivity contribution in [1.82, 2.24) is 4.98 Å². The third-order valence-electron chi connectivity index (χ3n) is 6.50. The van der Waals surface area contributed by atoms with Gasteiger partial charge >= 0.3 is 0 Å². The fraction of sp³-hybridized carbons (Fsp3) is 0.579. The summed E-state index contributed by atoms with van der Waals surface area (Å²) in [7, 11) is 0. The molecule has 2 aromatic rings. The van der Waals surface area contributed by atoms with Crippen molar-refractivity contribution in [2.24, 2.45) is 23.2 Å². The maximum absolute atomic E-state index is 13.3. The lowest BCUT2D eigenvalue weighted by Crippen LogP contribution is -2.34. The Morgan fingerprint density at radius 2 is 2.14 bits per heavy atom. The quantitative estimate of drug-likeness (QED) is 0.759. The molecule has 0 radical (unpaired) electrons. The van der Waals surface area contributed by atoms with Gasteiger partial charge in [-0.15, -0.1) is 0 Å². The highest BCUT2D eigenvalue weighted by molar-refractivity contribution is 6.01. The Balaban J connectivity index is 1.54. The Kier molecular flexibility index (Phi) is 2.59. The molecule has 0 amide bonds. The third kappa shape index (κ3) is 1.74. The van der Waals surface area contributed by atoms with Gasteiger partial charge in [-0.2, -0.15) is 0 Å². The zero-order valence-corrected chi connectivity index (χ0v) is 12.8. The molecule has 2 aromatic heterocycles. The molecular weight excluding hydrogens is 274 g/mol. The third-order valence-corrected chi connectivity index (χ3v) is 6.50. The van der Waals surface area contributed by atoms with Crippen LogP contribution in [-0.4, -0.2) is 10.8 Å². The summed E-state index contributed by atoms with van der Waals surface area (Å²) in [5, 5.41) is 0.938. The van der Waals surface area contributed by atoms with Gasteiger partial charge in [0.15, 0.2) is 5.76 Å². The van der Waals surface area contributed by atoms with Gasteiger partial charge in [0.2, 0.25) is 5.78 Å². The molecule has 4 unspecified atom stereocenters. The molecule has 22 heavy (non-hydrogen) atoms. The average molecular weight is 295 g/mol. The van der Waals surface area contributed by atoms with Crippen molar-refractivity contribution in [2.45, 2.75) is 44.9 Å². The van der Waals surface area contributed by atoms with E-state index >= 15 is 0 Å². The predicted octanol–water partition coefficient (Wildman–Crippen LogP) is 4.62. The minimum atomic E-state index is -0.125. The minimum Gasteiger partial charge on any atom is -0.453 e. The first kappa shape index (κ1) is 12.9. The van der Waals surface area contributed by atoms with Crippen LogP contribution in [0.15, 0.2) is 28.9 Å². The summed E-state index contributed by atoms with van der Waals surface area (Å²) in [6, 6.07) is 3.74. The Morgan fingerprint density at radius 3 is 3.05 bits per heavy atom. The molecule has 3 bridgehead atoms. The molecule has 0 aromatic carbocycles. The molecule has 0 aliphatic heterocycles. The largest absolute Gasteiger partial charge is 0.453 e. The number of ketones is 1. The van der Waals surface area contributed by atoms with Gasteiger partial charge in [-0.25, -0.2) is 0 Å². The zero-order chi connectivity index (χ0) is 14.7. The standard InChI is InChI=1S/C19H21NO2/c21-18(17-7-15-11-20-5-4-16(15)22-17)19-8-12-2-1-3-13(9-19)14(6-12)10-19/h4-5,7,11-14H,1-3,6,8-10H2. The zero-order valence-electron chi connectivity index (χ0n) is 12.8. The number of nitrogens with zero attached hydrogens (tertiary/aromatic N) is 1. The van der Waals surface area contributed by atoms with Crippen molar-refractivity contribution in [1.29, 1.82) is 0 Å². The summed E-state index contributed by atoms with van der Waals surface area (Å²) in [5.41, 5.74) is 0.653. The van der Waals surface area contributed by atoms with Crippen LogP contribution in [0, 0.1) is 23.2 Å². The summed E-state index contributed by atoms with van der Waals surface area (Å²) in [6.45, 7) is 0. The van der Waals surface area contributed by atoms with Gasteiger partial charge in [-0.05, 0) is 55.6 Å². The highest BCUT2D eigenvalue weighted by atomic mass is 16.3. The molecule has 3 heteroatoms. The van der Waals surface area contributed by atoms with E-state index in [0.717, 1.165) is 48.0 Å². The van der Waals surface area contributed by atoms with E-state index < -0.39 is 0 Å². The molecule has 5 rings (SSSR count). The number of fused-ring (bicyclic) bond motifs is 3. The maximum Gasteiger partial charge on any atom is 0.204 e. The van der Waals surface area contributed by atoms with E-state index in [2.05, 4.69) is 4.98 Å². The van der Waals surface area contributed by atoms with Gasteiger partial charge < -0.3 is 4.42 Å². The van der Waals surface area contributed by atoms with Crippen molar-refractivity contribution in [3.05, 3.63) is 30.3 Å². The van der Waals surface area contributed by atoms with Crippen molar-refractivity contribution in [3.8, 4) is 0 Å². The van der Waals surface area contributed by atoms with Gasteiger partial charge in [0.05, 0.1) is 0 Å². The first-order valence-electron chi connectivity index (χ1n) is 8.62. The van der Waals surface area contributed by atoms with E-state index in [0.29, 0.717) is 5.76 Å². The van der Waals surface area contributed by atoms with Crippen LogP contribution in [0.4, 0.5) is 0 Å². The number of carbonyl (C=O) groups is 1. The van der Waals surface area contributed by atoms with Gasteiger partial charge in [-0.1, -0.05) is 19.3 Å². The Labute approximate surface area is 130 Å². The lowest BCUT2D eigenvalue weighted by atomic mass is 9.67. The topological polar surface area (TPSA) is 43.1 Å². The summed E-state index contributed by atoms with van der Waals surface area (Å²) in [6.07, 6.45) is 12.2. The molecule has 114 valence electrons. The van der Waals surface area contributed by atoms with Crippen LogP contribution in [0.5, 0.6) is 0 Å². The monoisotopic (exact) mass is 295 g/mol. The van der Waals surface area contributed by atoms with Crippen LogP contribution in [0.3, 0.4) is 0 Å². The number of hydrogen-bond donors (Lipinski definition) is 0. The van der Waals surface area contributed by atoms with Gasteiger partial charge in [0, 0.05) is 23.2 Å². The Hall–Kier alpha value is -1.64. The number of hydrogen-bond acceptors (Lipinski definition) is 3. The van der Waals surface area contributed by atoms with Gasteiger partial charge in [0.1, 0.15) is 5.58 Å². The SMILES string of the molecule is O=C(c1cc2cnccc2o1)C12CC3CCCC(C1)C(C3)C2. The first-order valence-corrected chi connectivity index (χ1v) is 8.62. The minimum absolute atomic E-state index is 0.125. The van der Waals surface area contributed by atoms with Crippen molar-refractivity contribution in [3.63, 3.8) is 0 Å². The van der Waals surface area contributed by atoms with Crippen molar-refractivity contribution >= 4 is 16.8 Å². The summed E-state index contributed by atoms with van der Waals surface area (Å²) in [4.78, 5) is 17.4. The Bertz CT molecular complexity index is 712. The smallest absolute Gasteiger partial charge is 0.204 e. The second kappa shape index (κ2) is 4.43. The van der Waals surface area contributed by atoms with Crippen molar-refractivity contribution in [2.75, 3.05) is 0 Å². The van der Waals surface area contributed by atoms with Crippen LogP contribution >= 0.6 is 0 Å². The second-order valence-corrected chi connectivity index (χ2v) is 7.80. The van der Waals surface area contributed by atoms with Crippen LogP contribution in [0.2, 0.25) is 0 Å². The molecule has 4 atom stereocenters. The number of furan rings is 1. The van der Waals surface area contributed by atoms with Crippen LogP contribution in [0.25, 0.3) is 11.0 Å². The molecular formula is C19H21NO2. The summed E-state index contributed by atoms with van der Waals surface area (Å²) in [5.74, 6) is 3.16. The number of aromatic nitrogens is 1. The van der Waals surface area contributed by atoms with Gasteiger partial charge in [0.25, 0.3) is 0 Å². The van der Waals surface area contributed by atoms with Crippen LogP contribution < -0.4 is 0 Å². The molecule has 0 N–H and O–H groups in total. The van der Waals surface area contributed by atoms with E-state index in [4.69, 9.17) is 4.42 Å². The van der Waals surface area contributed by atoms with E-state index in [9.17, 15) is 4.79 Å². The lowest BCUT2D eigenvalue weighted by molar-refractivity contribution is 0.0644. The van der Waals surface area contributed by atoms with Crippen LogP contribution in [-0.2, 0) is 0 Å². The average Bonchev–Trinajstić information content (AvgIpc) is 3.01. The number of pyridine rings is 1. The fourth-order valence-electron chi connectivity index (χ4n) is 5.69. The second-order valence-electron chi connectivity index (χ2n) is 7.80. The highest BCUT2D eigenvalue weighted by Gasteiger charge is 2.55. The summed E-state index contributed by atoms with van der Waals surface area (Å²) < 4.78 is 5.86. The maximum atomic E-state index is 13.3. The molecule has 2 heterocycles. The van der Waals surface area contributed by atoms with E-state index in [-0.39, 0.29) is 11.2 Å². The fourth-order valence-corrected chi connectivity index (χ4v) is 5.69. The van der Waals surface area contributed by atoms with E-state index in [1.165, 1.54) is 25.7 Å². The Morgan fingerprint density at radius 1 is 1.23 bits per heavy atom. The van der Waals surface area contributed by atoms with E-state index in [1.54, 1.807) is 12.4 Å². The molecule has 3 aliphatic carbocycles. The first-order chi connectivity index (χ1) is 10.7. The molecule has 0 spiro atoms. The van der Waals surface area contributed by atoms with Crippen molar-refractivity contribution < 1.29 is 9.21 Å². The molecule has 3 nitrogen and oxygen atoms in total. The molecule has 3 fully saturated rings. The normalized spacial score (nSPS) is 36.6. The molecule has 3 saturated carbocycles. The number of carbonyl (C=O) groups excluding carboxylic acids is 1. The predicted molar refractivity (Wildman–Crippen MR) is 83.6 cm³/mol. The van der Waals surface area contributed by atoms with Crippen LogP contribution in [0.1, 0.15) is 55.5 Å². The molecule has 0 saturated heterocycles. The highest BCUT2D eigenvalue weighted by Crippen LogP contribution is 2.61. The number of rotatable bonds is 2. The lowest BCUT2D eigenvalue weighted by Gasteiger charge is -2.36. The summed E-state index contributed by atoms with van der Waals surface area (Å²) >= 11 is 0. The van der Waals surface area contributed by atoms with Gasteiger partial charge in [-0.3, -0.25) is 9.78 Å². The molecule has 3 aliphatic rings. The number of Topliss-reactive ketones (excluding diaryl/α,β-unsaturated/α-hetero) is 1.